The summed E-state index contributed by atoms with van der Waals surface area (Å²) in [5.41, 5.74) is 14.0. The van der Waals surface area contributed by atoms with E-state index in [9.17, 15) is 0 Å². The van der Waals surface area contributed by atoms with Crippen LogP contribution in [0.25, 0.3) is 33.4 Å². The lowest BCUT2D eigenvalue weighted by Gasteiger charge is -2.47. The van der Waals surface area contributed by atoms with Gasteiger partial charge in [-0.25, -0.2) is 4.99 Å². The van der Waals surface area contributed by atoms with Crippen LogP contribution in [-0.4, -0.2) is 11.9 Å². The van der Waals surface area contributed by atoms with Crippen molar-refractivity contribution in [3.8, 4) is 39.1 Å². The Bertz CT molecular complexity index is 2680. The number of aliphatic imine (C=N–C) groups is 1. The third-order valence-corrected chi connectivity index (χ3v) is 12.1. The van der Waals surface area contributed by atoms with Crippen molar-refractivity contribution in [2.24, 2.45) is 10.9 Å². The van der Waals surface area contributed by atoms with E-state index in [0.717, 1.165) is 28.3 Å². The van der Waals surface area contributed by atoms with Gasteiger partial charge in [-0.2, -0.15) is 0 Å². The van der Waals surface area contributed by atoms with Crippen molar-refractivity contribution >= 4 is 5.84 Å². The number of amidine groups is 1. The maximum absolute atomic E-state index is 6.70. The monoisotopic (exact) mass is 721 g/mol. The van der Waals surface area contributed by atoms with Crippen LogP contribution in [0.1, 0.15) is 45.7 Å². The van der Waals surface area contributed by atoms with Gasteiger partial charge in [0.05, 0.1) is 5.41 Å². The number of hydrogen-bond donors (Lipinski definition) is 2. The average molecular weight is 722 g/mol. The molecule has 0 aromatic heterocycles. The highest BCUT2D eigenvalue weighted by Gasteiger charge is 2.56. The molecule has 0 fully saturated rings. The van der Waals surface area contributed by atoms with Crippen LogP contribution in [-0.2, 0) is 5.41 Å². The van der Waals surface area contributed by atoms with Crippen molar-refractivity contribution in [1.29, 1.82) is 0 Å². The standard InChI is InChI=1S/C52H39N3O/c1-3-14-34(15-4-1)35-26-28-36(29-27-35)37-30-32-39(33-31-37)50-53-49(38-16-5-2-6-17-38)54-51(55-50)41-19-13-23-45-48(41)40-18-7-8-20-42(40)52(45)43-21-9-11-24-46(43)56-47-25-12-10-22-44(47)52/h1-33,43,46,49-50,53H,(H,54,55). The van der Waals surface area contributed by atoms with Gasteiger partial charge >= 0.3 is 0 Å². The van der Waals surface area contributed by atoms with Gasteiger partial charge in [0.15, 0.2) is 0 Å². The Hall–Kier alpha value is -6.75. The summed E-state index contributed by atoms with van der Waals surface area (Å²) in [4.78, 5) is 5.45. The van der Waals surface area contributed by atoms with E-state index in [1.807, 2.05) is 0 Å². The predicted octanol–water partition coefficient (Wildman–Crippen LogP) is 11.2. The number of fused-ring (bicyclic) bond motifs is 9. The largest absolute Gasteiger partial charge is 0.485 e. The summed E-state index contributed by atoms with van der Waals surface area (Å²) >= 11 is 0. The number of rotatable bonds is 5. The molecular formula is C52H39N3O. The van der Waals surface area contributed by atoms with Crippen LogP contribution in [0.5, 0.6) is 5.75 Å². The zero-order chi connectivity index (χ0) is 37.1. The number of nitrogens with zero attached hydrogens (tertiary/aromatic N) is 1. The van der Waals surface area contributed by atoms with Crippen molar-refractivity contribution < 1.29 is 4.74 Å². The molecule has 0 saturated carbocycles. The Kier molecular flexibility index (Phi) is 7.71. The van der Waals surface area contributed by atoms with Crippen molar-refractivity contribution in [3.05, 3.63) is 234 Å². The van der Waals surface area contributed by atoms with Gasteiger partial charge in [0.25, 0.3) is 0 Å². The van der Waals surface area contributed by atoms with Crippen molar-refractivity contribution in [2.45, 2.75) is 23.9 Å². The molecule has 4 nitrogen and oxygen atoms in total. The molecule has 2 aliphatic heterocycles. The number of hydrogen-bond acceptors (Lipinski definition) is 4. The van der Waals surface area contributed by atoms with Gasteiger partial charge in [-0.15, -0.1) is 0 Å². The molecule has 268 valence electrons. The number of benzene rings is 7. The molecule has 5 unspecified atom stereocenters. The molecule has 5 atom stereocenters. The minimum absolute atomic E-state index is 0.0801. The molecule has 4 heteroatoms. The van der Waals surface area contributed by atoms with Crippen LogP contribution < -0.4 is 15.4 Å². The summed E-state index contributed by atoms with van der Waals surface area (Å²) in [5.74, 6) is 1.91. The van der Waals surface area contributed by atoms with Gasteiger partial charge in [0, 0.05) is 17.0 Å². The summed E-state index contributed by atoms with van der Waals surface area (Å²) in [6, 6.07) is 63.2. The molecule has 7 aromatic carbocycles. The summed E-state index contributed by atoms with van der Waals surface area (Å²) in [6.45, 7) is 0. The van der Waals surface area contributed by atoms with Crippen LogP contribution in [0.4, 0.5) is 0 Å². The first kappa shape index (κ1) is 32.7. The summed E-state index contributed by atoms with van der Waals surface area (Å²) < 4.78 is 6.70. The molecule has 0 amide bonds. The molecule has 2 N–H and O–H groups in total. The molecule has 2 heterocycles. The second-order valence-corrected chi connectivity index (χ2v) is 15.1. The molecule has 0 saturated heterocycles. The van der Waals surface area contributed by atoms with E-state index in [4.69, 9.17) is 9.73 Å². The molecule has 0 radical (unpaired) electrons. The van der Waals surface area contributed by atoms with E-state index in [-0.39, 0.29) is 24.4 Å². The molecule has 4 aliphatic rings. The SMILES string of the molecule is C1=CC2Oc3ccccc3C3(c4ccccc4-c4c(C5=NC(c6ccccc6)NC(c6ccc(-c7ccc(-c8ccccc8)cc7)cc6)N5)cccc43)C2C=C1. The lowest BCUT2D eigenvalue weighted by molar-refractivity contribution is 0.141. The number of ether oxygens (including phenoxy) is 1. The zero-order valence-electron chi connectivity index (χ0n) is 30.7. The second-order valence-electron chi connectivity index (χ2n) is 15.1. The molecule has 56 heavy (non-hydrogen) atoms. The van der Waals surface area contributed by atoms with Crippen molar-refractivity contribution in [1.82, 2.24) is 10.6 Å². The van der Waals surface area contributed by atoms with E-state index in [2.05, 4.69) is 211 Å². The summed E-state index contributed by atoms with van der Waals surface area (Å²) in [6.07, 6.45) is 8.36. The van der Waals surface area contributed by atoms with Gasteiger partial charge in [0.2, 0.25) is 0 Å². The molecule has 7 aromatic rings. The third-order valence-electron chi connectivity index (χ3n) is 12.1. The fraction of sp³-hybridized carbons (Fsp3) is 0.0962. The quantitative estimate of drug-likeness (QED) is 0.186. The number of para-hydroxylation sites is 1. The highest BCUT2D eigenvalue weighted by molar-refractivity contribution is 6.08. The molecule has 1 spiro atoms. The lowest BCUT2D eigenvalue weighted by Crippen LogP contribution is -2.47. The topological polar surface area (TPSA) is 45.6 Å². The van der Waals surface area contributed by atoms with Gasteiger partial charge < -0.3 is 10.1 Å². The van der Waals surface area contributed by atoms with Gasteiger partial charge in [-0.05, 0) is 67.8 Å². The summed E-state index contributed by atoms with van der Waals surface area (Å²) in [7, 11) is 0. The number of nitrogens with one attached hydrogen (secondary N) is 2. The Balaban J connectivity index is 1.01. The lowest BCUT2D eigenvalue weighted by atomic mass is 9.60. The highest BCUT2D eigenvalue weighted by atomic mass is 16.5. The van der Waals surface area contributed by atoms with Crippen LogP contribution in [0.2, 0.25) is 0 Å². The van der Waals surface area contributed by atoms with Crippen LogP contribution >= 0.6 is 0 Å². The minimum atomic E-state index is -0.427. The van der Waals surface area contributed by atoms with Gasteiger partial charge in [-0.3, -0.25) is 5.32 Å². The van der Waals surface area contributed by atoms with E-state index in [0.29, 0.717) is 0 Å². The van der Waals surface area contributed by atoms with E-state index in [1.54, 1.807) is 0 Å². The van der Waals surface area contributed by atoms with Crippen LogP contribution in [0, 0.1) is 5.92 Å². The van der Waals surface area contributed by atoms with E-state index >= 15 is 0 Å². The minimum Gasteiger partial charge on any atom is -0.485 e. The third kappa shape index (κ3) is 5.14. The number of allylic oxidation sites excluding steroid dienone is 2. The van der Waals surface area contributed by atoms with Gasteiger partial charge in [-0.1, -0.05) is 188 Å². The van der Waals surface area contributed by atoms with E-state index < -0.39 is 5.41 Å². The predicted molar refractivity (Wildman–Crippen MR) is 226 cm³/mol. The molecule has 11 rings (SSSR count). The zero-order valence-corrected chi connectivity index (χ0v) is 30.7. The smallest absolute Gasteiger partial charge is 0.132 e. The molecular weight excluding hydrogens is 683 g/mol. The molecule has 2 aliphatic carbocycles. The van der Waals surface area contributed by atoms with Gasteiger partial charge in [0.1, 0.15) is 30.0 Å². The van der Waals surface area contributed by atoms with E-state index in [1.165, 1.54) is 50.1 Å². The first-order chi connectivity index (χ1) is 27.8. The highest BCUT2D eigenvalue weighted by Crippen LogP contribution is 2.62. The van der Waals surface area contributed by atoms with Crippen LogP contribution in [0.15, 0.2) is 205 Å². The Morgan fingerprint density at radius 1 is 0.482 bits per heavy atom. The van der Waals surface area contributed by atoms with Crippen LogP contribution in [0.3, 0.4) is 0 Å². The summed E-state index contributed by atoms with van der Waals surface area (Å²) in [5, 5.41) is 7.72. The maximum atomic E-state index is 6.70. The van der Waals surface area contributed by atoms with Crippen molar-refractivity contribution in [2.75, 3.05) is 0 Å². The Morgan fingerprint density at radius 3 is 1.84 bits per heavy atom. The first-order valence-corrected chi connectivity index (χ1v) is 19.5. The normalized spacial score (nSPS) is 22.5. The fourth-order valence-electron chi connectivity index (χ4n) is 9.55. The Labute approximate surface area is 327 Å². The second kappa shape index (κ2) is 13.2. The Morgan fingerprint density at radius 2 is 1.07 bits per heavy atom. The fourth-order valence-corrected chi connectivity index (χ4v) is 9.55. The molecule has 0 bridgehead atoms. The average Bonchev–Trinajstić information content (AvgIpc) is 3.58. The maximum Gasteiger partial charge on any atom is 0.132 e. The first-order valence-electron chi connectivity index (χ1n) is 19.5. The van der Waals surface area contributed by atoms with Crippen molar-refractivity contribution in [3.63, 3.8) is 0 Å².